The van der Waals surface area contributed by atoms with Gasteiger partial charge in [-0.3, -0.25) is 9.59 Å². The molecule has 1 amide bonds. The number of carbonyl (C=O) groups is 2. The topological polar surface area (TPSA) is 74.4 Å². The highest BCUT2D eigenvalue weighted by Crippen LogP contribution is 2.45. The molecular weight excluding hydrogens is 438 g/mol. The molecule has 1 aliphatic rings. The third-order valence-corrected chi connectivity index (χ3v) is 7.07. The summed E-state index contributed by atoms with van der Waals surface area (Å²) in [6.07, 6.45) is 0. The monoisotopic (exact) mass is 475 g/mol. The summed E-state index contributed by atoms with van der Waals surface area (Å²) in [5.41, 5.74) is 3.92. The molecule has 0 radical (unpaired) electrons. The van der Waals surface area contributed by atoms with Gasteiger partial charge in [0, 0.05) is 45.2 Å². The van der Waals surface area contributed by atoms with E-state index in [1.165, 1.54) is 0 Å². The molecule has 4 rings (SSSR count). The Bertz CT molecular complexity index is 1280. The number of aromatic amines is 1. The van der Waals surface area contributed by atoms with Gasteiger partial charge in [-0.25, -0.2) is 0 Å². The molecule has 2 aromatic carbocycles. The Kier molecular flexibility index (Phi) is 6.54. The van der Waals surface area contributed by atoms with E-state index in [-0.39, 0.29) is 11.7 Å². The van der Waals surface area contributed by atoms with Crippen molar-refractivity contribution in [1.29, 1.82) is 0 Å². The predicted molar refractivity (Wildman–Crippen MR) is 142 cm³/mol. The number of likely N-dealkylation sites (N-methyl/N-ethyl adjacent to an activating group) is 1. The summed E-state index contributed by atoms with van der Waals surface area (Å²) in [6, 6.07) is 11.5. The van der Waals surface area contributed by atoms with Crippen LogP contribution in [0.5, 0.6) is 5.75 Å². The number of anilines is 1. The number of fused-ring (bicyclic) bond motifs is 4. The second-order valence-electron chi connectivity index (χ2n) is 10.9. The van der Waals surface area contributed by atoms with Crippen molar-refractivity contribution < 1.29 is 14.3 Å². The Hall–Kier alpha value is -3.12. The van der Waals surface area contributed by atoms with E-state index in [1.807, 2.05) is 57.2 Å². The number of ether oxygens (including phenoxy) is 1. The summed E-state index contributed by atoms with van der Waals surface area (Å²) in [5.74, 6) is 0.746. The van der Waals surface area contributed by atoms with Crippen LogP contribution in [0.3, 0.4) is 0 Å². The van der Waals surface area contributed by atoms with Gasteiger partial charge in [0.05, 0.1) is 5.56 Å². The van der Waals surface area contributed by atoms with E-state index in [4.69, 9.17) is 4.74 Å². The van der Waals surface area contributed by atoms with Gasteiger partial charge in [-0.2, -0.15) is 0 Å². The summed E-state index contributed by atoms with van der Waals surface area (Å²) in [6.45, 7) is 17.7. The SMILES string of the molecule is CCN(CC)CCOc1ccc2c(c1)C(C)(C)c1[nH]c3cc(NC(=O)C(C)(C)C)ccc3c1C2=O. The smallest absolute Gasteiger partial charge is 0.229 e. The molecule has 6 nitrogen and oxygen atoms in total. The number of rotatable bonds is 7. The third-order valence-electron chi connectivity index (χ3n) is 7.07. The second-order valence-corrected chi connectivity index (χ2v) is 10.9. The molecule has 1 aliphatic carbocycles. The lowest BCUT2D eigenvalue weighted by molar-refractivity contribution is -0.123. The zero-order chi connectivity index (χ0) is 25.5. The molecule has 1 heterocycles. The number of amides is 1. The van der Waals surface area contributed by atoms with E-state index in [0.29, 0.717) is 23.4 Å². The first-order valence-electron chi connectivity index (χ1n) is 12.5. The van der Waals surface area contributed by atoms with Crippen LogP contribution in [0.4, 0.5) is 5.69 Å². The molecule has 2 N–H and O–H groups in total. The minimum absolute atomic E-state index is 0.0155. The Morgan fingerprint density at radius 2 is 1.80 bits per heavy atom. The Morgan fingerprint density at radius 1 is 1.09 bits per heavy atom. The van der Waals surface area contributed by atoms with Crippen LogP contribution in [0, 0.1) is 5.41 Å². The van der Waals surface area contributed by atoms with E-state index < -0.39 is 10.8 Å². The van der Waals surface area contributed by atoms with E-state index >= 15 is 0 Å². The van der Waals surface area contributed by atoms with E-state index in [2.05, 4.69) is 42.9 Å². The van der Waals surface area contributed by atoms with Crippen molar-refractivity contribution in [2.24, 2.45) is 5.41 Å². The van der Waals surface area contributed by atoms with E-state index in [0.717, 1.165) is 47.5 Å². The first kappa shape index (κ1) is 25.0. The van der Waals surface area contributed by atoms with Gasteiger partial charge in [-0.15, -0.1) is 0 Å². The summed E-state index contributed by atoms with van der Waals surface area (Å²) in [7, 11) is 0. The van der Waals surface area contributed by atoms with Crippen LogP contribution in [0.1, 0.15) is 75.6 Å². The van der Waals surface area contributed by atoms with Crippen molar-refractivity contribution in [1.82, 2.24) is 9.88 Å². The molecule has 0 atom stereocenters. The lowest BCUT2D eigenvalue weighted by atomic mass is 9.71. The average Bonchev–Trinajstić information content (AvgIpc) is 3.20. The minimum atomic E-state index is -0.491. The highest BCUT2D eigenvalue weighted by atomic mass is 16.5. The molecule has 0 unspecified atom stereocenters. The molecule has 0 spiro atoms. The Labute approximate surface area is 208 Å². The standard InChI is InChI=1S/C29H37N3O3/c1-8-32(9-2)14-15-35-19-11-13-20-22(17-19)29(6,7)26-24(25(20)33)21-12-10-18(16-23(21)31-26)30-27(34)28(3,4)5/h10-13,16-17,31H,8-9,14-15H2,1-7H3,(H,30,34). The molecule has 1 aromatic heterocycles. The van der Waals surface area contributed by atoms with Crippen LogP contribution in [-0.2, 0) is 10.2 Å². The molecule has 35 heavy (non-hydrogen) atoms. The lowest BCUT2D eigenvalue weighted by Crippen LogP contribution is -2.30. The molecule has 6 heteroatoms. The fourth-order valence-corrected chi connectivity index (χ4v) is 4.73. The van der Waals surface area contributed by atoms with Gasteiger partial charge in [0.15, 0.2) is 5.78 Å². The maximum Gasteiger partial charge on any atom is 0.229 e. The first-order valence-corrected chi connectivity index (χ1v) is 12.5. The van der Waals surface area contributed by atoms with E-state index in [1.54, 1.807) is 0 Å². The van der Waals surface area contributed by atoms with Crippen LogP contribution in [-0.4, -0.2) is 47.8 Å². The summed E-state index contributed by atoms with van der Waals surface area (Å²) in [5, 5.41) is 3.86. The number of carbonyl (C=O) groups excluding carboxylic acids is 2. The van der Waals surface area contributed by atoms with Crippen molar-refractivity contribution in [3.8, 4) is 5.75 Å². The van der Waals surface area contributed by atoms with Gasteiger partial charge >= 0.3 is 0 Å². The number of hydrogen-bond donors (Lipinski definition) is 2. The fourth-order valence-electron chi connectivity index (χ4n) is 4.73. The first-order chi connectivity index (χ1) is 16.5. The Morgan fingerprint density at radius 3 is 2.46 bits per heavy atom. The predicted octanol–water partition coefficient (Wildman–Crippen LogP) is 5.74. The molecule has 0 aliphatic heterocycles. The van der Waals surface area contributed by atoms with Crippen LogP contribution >= 0.6 is 0 Å². The molecule has 0 fully saturated rings. The second kappa shape index (κ2) is 9.15. The van der Waals surface area contributed by atoms with Gasteiger partial charge in [0.25, 0.3) is 0 Å². The number of nitrogens with one attached hydrogen (secondary N) is 2. The average molecular weight is 476 g/mol. The summed E-state index contributed by atoms with van der Waals surface area (Å²) < 4.78 is 6.06. The van der Waals surface area contributed by atoms with Crippen molar-refractivity contribution in [2.75, 3.05) is 31.6 Å². The van der Waals surface area contributed by atoms with Crippen molar-refractivity contribution >= 4 is 28.3 Å². The van der Waals surface area contributed by atoms with Gasteiger partial charge < -0.3 is 19.9 Å². The van der Waals surface area contributed by atoms with Gasteiger partial charge in [0.1, 0.15) is 12.4 Å². The third kappa shape index (κ3) is 4.59. The van der Waals surface area contributed by atoms with Gasteiger partial charge in [-0.1, -0.05) is 54.5 Å². The number of ketones is 1. The van der Waals surface area contributed by atoms with Crippen LogP contribution in [0.2, 0.25) is 0 Å². The lowest BCUT2D eigenvalue weighted by Gasteiger charge is -2.32. The fraction of sp³-hybridized carbons (Fsp3) is 0.448. The minimum Gasteiger partial charge on any atom is -0.492 e. The Balaban J connectivity index is 1.67. The van der Waals surface area contributed by atoms with Gasteiger partial charge in [-0.05, 0) is 49.0 Å². The summed E-state index contributed by atoms with van der Waals surface area (Å²) in [4.78, 5) is 31.9. The van der Waals surface area contributed by atoms with E-state index in [9.17, 15) is 9.59 Å². The maximum absolute atomic E-state index is 13.6. The highest BCUT2D eigenvalue weighted by molar-refractivity contribution is 6.20. The van der Waals surface area contributed by atoms with Crippen molar-refractivity contribution in [2.45, 2.75) is 53.9 Å². The normalized spacial score (nSPS) is 14.7. The van der Waals surface area contributed by atoms with Crippen LogP contribution < -0.4 is 10.1 Å². The number of nitrogens with zero attached hydrogens (tertiary/aromatic N) is 1. The van der Waals surface area contributed by atoms with Gasteiger partial charge in [0.2, 0.25) is 5.91 Å². The number of H-pyrrole nitrogens is 1. The summed E-state index contributed by atoms with van der Waals surface area (Å²) >= 11 is 0. The zero-order valence-corrected chi connectivity index (χ0v) is 22.0. The van der Waals surface area contributed by atoms with Crippen LogP contribution in [0.15, 0.2) is 36.4 Å². The van der Waals surface area contributed by atoms with Crippen molar-refractivity contribution in [3.05, 3.63) is 58.8 Å². The quantitative estimate of drug-likeness (QED) is 0.457. The molecule has 3 aromatic rings. The number of hydrogen-bond acceptors (Lipinski definition) is 4. The molecule has 0 bridgehead atoms. The maximum atomic E-state index is 13.6. The molecule has 186 valence electrons. The number of benzene rings is 2. The number of aromatic nitrogens is 1. The van der Waals surface area contributed by atoms with Crippen molar-refractivity contribution in [3.63, 3.8) is 0 Å². The molecule has 0 saturated carbocycles. The molecule has 0 saturated heterocycles. The van der Waals surface area contributed by atoms with Crippen LogP contribution in [0.25, 0.3) is 10.9 Å². The highest BCUT2D eigenvalue weighted by Gasteiger charge is 2.40. The molecular formula is C29H37N3O3. The largest absolute Gasteiger partial charge is 0.492 e. The zero-order valence-electron chi connectivity index (χ0n) is 22.0.